The van der Waals surface area contributed by atoms with Crippen LogP contribution in [-0.4, -0.2) is 61.0 Å². The van der Waals surface area contributed by atoms with Crippen molar-refractivity contribution in [2.75, 3.05) is 25.0 Å². The quantitative estimate of drug-likeness (QED) is 0.233. The van der Waals surface area contributed by atoms with Crippen LogP contribution < -0.4 is 4.90 Å². The number of anilines is 1. The molecule has 42 heavy (non-hydrogen) atoms. The first-order valence-corrected chi connectivity index (χ1v) is 15.5. The summed E-state index contributed by atoms with van der Waals surface area (Å²) in [4.78, 5) is 45.5. The minimum absolute atomic E-state index is 0. The van der Waals surface area contributed by atoms with Crippen molar-refractivity contribution in [1.29, 1.82) is 0 Å². The van der Waals surface area contributed by atoms with Gasteiger partial charge < -0.3 is 24.0 Å². The summed E-state index contributed by atoms with van der Waals surface area (Å²) in [6.07, 6.45) is 3.36. The molecule has 0 N–H and O–H groups in total. The average Bonchev–Trinajstić information content (AvgIpc) is 3.35. The molecule has 1 aliphatic heterocycles. The van der Waals surface area contributed by atoms with Gasteiger partial charge in [-0.15, -0.1) is 23.7 Å². The first-order valence-electron chi connectivity index (χ1n) is 14.7. The molecule has 0 radical (unpaired) electrons. The van der Waals surface area contributed by atoms with Gasteiger partial charge in [-0.1, -0.05) is 37.3 Å². The summed E-state index contributed by atoms with van der Waals surface area (Å²) in [5.74, 6) is 0.0186. The van der Waals surface area contributed by atoms with Gasteiger partial charge in [0.15, 0.2) is 0 Å². The normalized spacial score (nSPS) is 20.6. The summed E-state index contributed by atoms with van der Waals surface area (Å²) in [5.41, 5.74) is 0.803. The molecule has 2 fully saturated rings. The smallest absolute Gasteiger partial charge is 0.428 e. The maximum absolute atomic E-state index is 14.3. The van der Waals surface area contributed by atoms with Gasteiger partial charge in [0.1, 0.15) is 10.5 Å². The molecule has 4 rings (SSSR count). The van der Waals surface area contributed by atoms with E-state index in [0.717, 1.165) is 62.1 Å². The van der Waals surface area contributed by atoms with E-state index in [9.17, 15) is 14.4 Å². The van der Waals surface area contributed by atoms with Crippen LogP contribution in [0.1, 0.15) is 82.8 Å². The lowest BCUT2D eigenvalue weighted by Crippen LogP contribution is -2.49. The number of piperidine rings is 1. The topological polar surface area (TPSA) is 85.4 Å². The number of thiophene rings is 1. The van der Waals surface area contributed by atoms with Gasteiger partial charge in [0.2, 0.25) is 12.2 Å². The Balaban J connectivity index is 0.00000484. The fourth-order valence-corrected chi connectivity index (χ4v) is 6.58. The van der Waals surface area contributed by atoms with Crippen LogP contribution in [0.4, 0.5) is 10.5 Å². The number of halogens is 1. The Morgan fingerprint density at radius 1 is 0.976 bits per heavy atom. The number of carbonyl (C=O) groups excluding carboxylic acids is 3. The number of amides is 1. The molecule has 232 valence electrons. The van der Waals surface area contributed by atoms with Crippen LogP contribution >= 0.6 is 23.7 Å². The first kappa shape index (κ1) is 33.9. The second-order valence-electron chi connectivity index (χ2n) is 12.4. The number of likely N-dealkylation sites (tertiary alicyclic amines) is 1. The van der Waals surface area contributed by atoms with Crippen LogP contribution in [-0.2, 0) is 19.0 Å². The lowest BCUT2D eigenvalue weighted by Gasteiger charge is -2.40. The molecule has 8 nitrogen and oxygen atoms in total. The van der Waals surface area contributed by atoms with Crippen molar-refractivity contribution < 1.29 is 28.6 Å². The van der Waals surface area contributed by atoms with E-state index in [1.807, 2.05) is 41.3 Å². The molecule has 2 heterocycles. The van der Waals surface area contributed by atoms with E-state index < -0.39 is 24.0 Å². The van der Waals surface area contributed by atoms with Crippen molar-refractivity contribution in [3.8, 4) is 10.4 Å². The van der Waals surface area contributed by atoms with Crippen LogP contribution in [0.5, 0.6) is 0 Å². The molecule has 1 aliphatic carbocycles. The summed E-state index contributed by atoms with van der Waals surface area (Å²) in [6, 6.07) is 11.8. The van der Waals surface area contributed by atoms with Crippen molar-refractivity contribution in [3.05, 3.63) is 41.3 Å². The van der Waals surface area contributed by atoms with Crippen molar-refractivity contribution in [1.82, 2.24) is 4.90 Å². The molecule has 1 atom stereocenters. The number of esters is 1. The summed E-state index contributed by atoms with van der Waals surface area (Å²) in [5, 5.41) is 0. The van der Waals surface area contributed by atoms with Crippen molar-refractivity contribution >= 4 is 47.5 Å². The Bertz CT molecular complexity index is 1200. The van der Waals surface area contributed by atoms with E-state index in [0.29, 0.717) is 16.5 Å². The lowest BCUT2D eigenvalue weighted by molar-refractivity contribution is -0.124. The molecule has 1 saturated carbocycles. The molecule has 1 aromatic carbocycles. The molecule has 1 saturated heterocycles. The Hall–Kier alpha value is -2.62. The zero-order valence-electron chi connectivity index (χ0n) is 25.6. The van der Waals surface area contributed by atoms with Crippen LogP contribution in [0, 0.1) is 11.8 Å². The van der Waals surface area contributed by atoms with E-state index >= 15 is 0 Å². The zero-order chi connectivity index (χ0) is 29.7. The van der Waals surface area contributed by atoms with Gasteiger partial charge in [-0.25, -0.2) is 9.59 Å². The average molecular weight is 621 g/mol. The highest BCUT2D eigenvalue weighted by molar-refractivity contribution is 7.18. The molecular formula is C32H45ClN2O6S. The molecule has 1 unspecified atom stereocenters. The largest absolute Gasteiger partial charge is 0.511 e. The summed E-state index contributed by atoms with van der Waals surface area (Å²) >= 11 is 1.30. The highest BCUT2D eigenvalue weighted by Gasteiger charge is 2.37. The van der Waals surface area contributed by atoms with Crippen molar-refractivity contribution in [2.45, 2.75) is 91.1 Å². The fraction of sp³-hybridized carbons (Fsp3) is 0.594. The Labute approximate surface area is 260 Å². The van der Waals surface area contributed by atoms with Crippen molar-refractivity contribution in [2.24, 2.45) is 11.8 Å². The summed E-state index contributed by atoms with van der Waals surface area (Å²) in [7, 11) is 2.10. The predicted octanol–water partition coefficient (Wildman–Crippen LogP) is 7.54. The molecule has 1 amide bonds. The Morgan fingerprint density at radius 3 is 2.19 bits per heavy atom. The number of rotatable bonds is 7. The third kappa shape index (κ3) is 8.94. The molecular weight excluding hydrogens is 576 g/mol. The number of hydrogen-bond donors (Lipinski definition) is 0. The monoisotopic (exact) mass is 620 g/mol. The van der Waals surface area contributed by atoms with Gasteiger partial charge in [-0.3, -0.25) is 4.79 Å². The Kier molecular flexibility index (Phi) is 11.9. The van der Waals surface area contributed by atoms with Crippen LogP contribution in [0.3, 0.4) is 0 Å². The minimum Gasteiger partial charge on any atom is -0.428 e. The predicted molar refractivity (Wildman–Crippen MR) is 168 cm³/mol. The highest BCUT2D eigenvalue weighted by Crippen LogP contribution is 2.41. The highest BCUT2D eigenvalue weighted by atomic mass is 35.5. The molecule has 0 bridgehead atoms. The molecule has 2 aromatic rings. The Morgan fingerprint density at radius 2 is 1.60 bits per heavy atom. The third-order valence-electron chi connectivity index (χ3n) is 7.80. The fourth-order valence-electron chi connectivity index (χ4n) is 5.54. The van der Waals surface area contributed by atoms with E-state index in [-0.39, 0.29) is 30.3 Å². The molecule has 2 aliphatic rings. The number of hydrogen-bond acceptors (Lipinski definition) is 8. The van der Waals surface area contributed by atoms with E-state index in [4.69, 9.17) is 14.2 Å². The van der Waals surface area contributed by atoms with Gasteiger partial charge in [-0.05, 0) is 97.0 Å². The summed E-state index contributed by atoms with van der Waals surface area (Å²) in [6.45, 7) is 10.7. The second kappa shape index (κ2) is 14.7. The van der Waals surface area contributed by atoms with Gasteiger partial charge >= 0.3 is 12.1 Å². The number of nitrogens with zero attached hydrogens (tertiary/aromatic N) is 2. The molecule has 1 aromatic heterocycles. The van der Waals surface area contributed by atoms with Gasteiger partial charge in [0.05, 0.1) is 5.69 Å². The van der Waals surface area contributed by atoms with Crippen LogP contribution in [0.25, 0.3) is 10.4 Å². The SMILES string of the molecule is CC1CCC(C(=O)N(c2cc(-c3ccccc3)sc2C(=O)OC(C)OC(=O)OC(C)(C)C)C2CCN(C)CC2)CC1.Cl. The lowest BCUT2D eigenvalue weighted by atomic mass is 9.82. The number of carbonyl (C=O) groups is 3. The van der Waals surface area contributed by atoms with Crippen LogP contribution in [0.15, 0.2) is 36.4 Å². The maximum Gasteiger partial charge on any atom is 0.511 e. The first-order chi connectivity index (χ1) is 19.4. The van der Waals surface area contributed by atoms with E-state index in [2.05, 4.69) is 18.9 Å². The molecule has 10 heteroatoms. The van der Waals surface area contributed by atoms with Crippen molar-refractivity contribution in [3.63, 3.8) is 0 Å². The van der Waals surface area contributed by atoms with Crippen LogP contribution in [0.2, 0.25) is 0 Å². The minimum atomic E-state index is -1.17. The summed E-state index contributed by atoms with van der Waals surface area (Å²) < 4.78 is 16.0. The second-order valence-corrected chi connectivity index (χ2v) is 13.5. The van der Waals surface area contributed by atoms with Gasteiger partial charge in [-0.2, -0.15) is 0 Å². The van der Waals surface area contributed by atoms with Gasteiger partial charge in [0, 0.05) is 23.8 Å². The zero-order valence-corrected chi connectivity index (χ0v) is 27.2. The standard InChI is InChI=1S/C32H44N2O6S.ClH/c1-21-12-14-24(15-13-21)29(35)34(25-16-18-33(6)19-17-25)26-20-27(23-10-8-7-9-11-23)41-28(26)30(36)38-22(2)39-31(37)40-32(3,4)5;/h7-11,20-22,24-25H,12-19H2,1-6H3;1H. The third-order valence-corrected chi connectivity index (χ3v) is 8.95. The van der Waals surface area contributed by atoms with E-state index in [1.165, 1.54) is 18.3 Å². The maximum atomic E-state index is 14.3. The number of ether oxygens (including phenoxy) is 3. The number of benzene rings is 1. The van der Waals surface area contributed by atoms with Gasteiger partial charge in [0.25, 0.3) is 0 Å². The molecule has 0 spiro atoms. The van der Waals surface area contributed by atoms with E-state index in [1.54, 1.807) is 20.8 Å².